The summed E-state index contributed by atoms with van der Waals surface area (Å²) < 4.78 is 0. The van der Waals surface area contributed by atoms with Crippen LogP contribution in [-0.2, 0) is 30.5 Å². The van der Waals surface area contributed by atoms with Crippen LogP contribution in [0.4, 0.5) is 5.69 Å². The molecular formula is C36H46N10O5. The highest BCUT2D eigenvalue weighted by Gasteiger charge is 2.54. The van der Waals surface area contributed by atoms with Crippen molar-refractivity contribution in [3.8, 4) is 0 Å². The van der Waals surface area contributed by atoms with Crippen molar-refractivity contribution in [2.24, 2.45) is 22.2 Å². The molecule has 15 heteroatoms. The highest BCUT2D eigenvalue weighted by Crippen LogP contribution is 2.39. The molecule has 2 aliphatic rings. The molecule has 5 rings (SSSR count). The molecule has 0 aliphatic carbocycles. The number of nitrogens with one attached hydrogen (secondary N) is 3. The average molecular weight is 699 g/mol. The van der Waals surface area contributed by atoms with Crippen molar-refractivity contribution in [1.29, 1.82) is 0 Å². The second-order valence-corrected chi connectivity index (χ2v) is 12.9. The van der Waals surface area contributed by atoms with Gasteiger partial charge < -0.3 is 43.0 Å². The van der Waals surface area contributed by atoms with Crippen molar-refractivity contribution in [1.82, 2.24) is 25.8 Å². The van der Waals surface area contributed by atoms with Crippen LogP contribution in [-0.4, -0.2) is 103 Å². The predicted molar refractivity (Wildman–Crippen MR) is 194 cm³/mol. The third-order valence-electron chi connectivity index (χ3n) is 9.39. The van der Waals surface area contributed by atoms with Crippen LogP contribution in [0.15, 0.2) is 77.8 Å². The number of aliphatic imine (C=N–C) groups is 1. The maximum atomic E-state index is 14.1. The van der Waals surface area contributed by atoms with Crippen molar-refractivity contribution in [3.05, 3.63) is 78.4 Å². The summed E-state index contributed by atoms with van der Waals surface area (Å²) in [6.07, 6.45) is 1.81. The van der Waals surface area contributed by atoms with Gasteiger partial charge in [-0.1, -0.05) is 60.7 Å². The summed E-state index contributed by atoms with van der Waals surface area (Å²) in [6.45, 7) is 1.65. The number of hydrogen-bond acceptors (Lipinski definition) is 8. The van der Waals surface area contributed by atoms with Crippen LogP contribution in [0, 0.1) is 0 Å². The molecule has 9 N–H and O–H groups in total. The van der Waals surface area contributed by atoms with Gasteiger partial charge in [0.25, 0.3) is 0 Å². The Morgan fingerprint density at radius 2 is 1.49 bits per heavy atom. The van der Waals surface area contributed by atoms with Crippen LogP contribution in [0.25, 0.3) is 10.8 Å². The second kappa shape index (κ2) is 16.8. The molecule has 15 nitrogen and oxygen atoms in total. The highest BCUT2D eigenvalue weighted by atomic mass is 16.2. The molecule has 51 heavy (non-hydrogen) atoms. The van der Waals surface area contributed by atoms with Gasteiger partial charge in [0.2, 0.25) is 29.5 Å². The van der Waals surface area contributed by atoms with E-state index >= 15 is 0 Å². The molecule has 2 heterocycles. The molecule has 270 valence electrons. The van der Waals surface area contributed by atoms with Gasteiger partial charge in [-0.2, -0.15) is 0 Å². The highest BCUT2D eigenvalue weighted by molar-refractivity contribution is 5.97. The summed E-state index contributed by atoms with van der Waals surface area (Å²) in [7, 11) is 0. The van der Waals surface area contributed by atoms with Gasteiger partial charge in [0.15, 0.2) is 5.96 Å². The Balaban J connectivity index is 1.12. The Labute approximate surface area is 296 Å². The Kier molecular flexibility index (Phi) is 12.1. The third-order valence-corrected chi connectivity index (χ3v) is 9.39. The first-order valence-corrected chi connectivity index (χ1v) is 17.0. The number of rotatable bonds is 15. The molecule has 2 aliphatic heterocycles. The van der Waals surface area contributed by atoms with Crippen molar-refractivity contribution in [2.45, 2.75) is 43.8 Å². The zero-order chi connectivity index (χ0) is 36.4. The summed E-state index contributed by atoms with van der Waals surface area (Å²) in [5.41, 5.74) is 17.3. The predicted octanol–water partition coefficient (Wildman–Crippen LogP) is -0.263. The number of primary amides is 1. The first-order valence-electron chi connectivity index (χ1n) is 17.0. The number of hydrogen-bond donors (Lipinski definition) is 6. The maximum absolute atomic E-state index is 14.1. The summed E-state index contributed by atoms with van der Waals surface area (Å²) in [4.78, 5) is 73.4. The number of anilines is 1. The minimum atomic E-state index is -0.962. The van der Waals surface area contributed by atoms with E-state index in [2.05, 4.69) is 61.1 Å². The van der Waals surface area contributed by atoms with E-state index in [1.165, 1.54) is 21.2 Å². The van der Waals surface area contributed by atoms with Crippen LogP contribution in [0.5, 0.6) is 0 Å². The average Bonchev–Trinajstić information content (AvgIpc) is 3.38. The van der Waals surface area contributed by atoms with Gasteiger partial charge in [0.05, 0.1) is 19.8 Å². The smallest absolute Gasteiger partial charge is 0.250 e. The summed E-state index contributed by atoms with van der Waals surface area (Å²) in [6, 6.07) is 23.4. The van der Waals surface area contributed by atoms with E-state index in [1.54, 1.807) is 0 Å². The van der Waals surface area contributed by atoms with E-state index < -0.39 is 48.3 Å². The number of para-hydroxylation sites is 1. The van der Waals surface area contributed by atoms with Crippen molar-refractivity contribution in [2.75, 3.05) is 50.8 Å². The standard InChI is InChI=1S/C36H46N10O5/c37-33(50)29(14-7-17-40-35(38)39)43-31(48)21-41-30(47)20-42-32(49)23-45-24-46(27-11-2-1-3-12-27)36(34(45)51)15-18-44(19-16-36)22-26-10-6-9-25-8-4-5-13-28(25)26/h1-6,8-13,29H,7,14-24H2,(H2,37,50)(H,41,47)(H,42,49)(H,43,48)(H4,38,39,40)/t29-/m0/s1. The van der Waals surface area contributed by atoms with Crippen LogP contribution >= 0.6 is 0 Å². The molecule has 0 unspecified atom stereocenters. The molecule has 0 saturated carbocycles. The number of fused-ring (bicyclic) bond motifs is 1. The molecule has 0 radical (unpaired) electrons. The normalized spacial score (nSPS) is 16.1. The fourth-order valence-electron chi connectivity index (χ4n) is 6.76. The van der Waals surface area contributed by atoms with E-state index in [4.69, 9.17) is 17.2 Å². The van der Waals surface area contributed by atoms with E-state index in [0.717, 1.165) is 12.2 Å². The van der Waals surface area contributed by atoms with Crippen LogP contribution in [0.3, 0.4) is 0 Å². The molecule has 5 amide bonds. The first kappa shape index (κ1) is 36.6. The lowest BCUT2D eigenvalue weighted by Gasteiger charge is -2.43. The summed E-state index contributed by atoms with van der Waals surface area (Å²) in [5, 5.41) is 9.84. The summed E-state index contributed by atoms with van der Waals surface area (Å²) in [5.74, 6) is -2.68. The number of piperidine rings is 1. The molecular weight excluding hydrogens is 652 g/mol. The zero-order valence-corrected chi connectivity index (χ0v) is 28.6. The van der Waals surface area contributed by atoms with Crippen molar-refractivity contribution < 1.29 is 24.0 Å². The number of carbonyl (C=O) groups excluding carboxylic acids is 5. The number of carbonyl (C=O) groups is 5. The Morgan fingerprint density at radius 1 is 0.824 bits per heavy atom. The largest absolute Gasteiger partial charge is 0.370 e. The minimum Gasteiger partial charge on any atom is -0.370 e. The van der Waals surface area contributed by atoms with Gasteiger partial charge in [0, 0.05) is 31.9 Å². The van der Waals surface area contributed by atoms with Gasteiger partial charge in [-0.05, 0) is 54.2 Å². The SMILES string of the molecule is NC(=O)[C@H](CCCN=C(N)N)NC(=O)CNC(=O)CNC(=O)CN1CN(c2ccccc2)C2(CCN(Cc3cccc4ccccc34)CC2)C1=O. The van der Waals surface area contributed by atoms with E-state index in [-0.39, 0.29) is 38.0 Å². The number of amides is 5. The first-order chi connectivity index (χ1) is 24.6. The van der Waals surface area contributed by atoms with Crippen LogP contribution in [0.2, 0.25) is 0 Å². The fraction of sp³-hybridized carbons (Fsp3) is 0.389. The topological polar surface area (TPSA) is 222 Å². The van der Waals surface area contributed by atoms with E-state index in [1.807, 2.05) is 42.5 Å². The minimum absolute atomic E-state index is 0.0842. The number of likely N-dealkylation sites (tertiary alicyclic amines) is 1. The monoisotopic (exact) mass is 698 g/mol. The summed E-state index contributed by atoms with van der Waals surface area (Å²) >= 11 is 0. The quantitative estimate of drug-likeness (QED) is 0.0698. The third kappa shape index (κ3) is 9.30. The van der Waals surface area contributed by atoms with E-state index in [0.29, 0.717) is 32.4 Å². The number of nitrogens with zero attached hydrogens (tertiary/aromatic N) is 4. The van der Waals surface area contributed by atoms with E-state index in [9.17, 15) is 24.0 Å². The number of guanidine groups is 1. The Hall–Kier alpha value is -5.70. The Morgan fingerprint density at radius 3 is 2.22 bits per heavy atom. The van der Waals surface area contributed by atoms with Crippen molar-refractivity contribution in [3.63, 3.8) is 0 Å². The molecule has 2 saturated heterocycles. The molecule has 1 spiro atoms. The lowest BCUT2D eigenvalue weighted by molar-refractivity contribution is -0.137. The molecule has 2 fully saturated rings. The molecule has 0 bridgehead atoms. The molecule has 1 atom stereocenters. The van der Waals surface area contributed by atoms with Gasteiger partial charge in [-0.25, -0.2) is 0 Å². The zero-order valence-electron chi connectivity index (χ0n) is 28.6. The van der Waals surface area contributed by atoms with Gasteiger partial charge in [-0.3, -0.25) is 33.9 Å². The Bertz CT molecular complexity index is 1750. The van der Waals surface area contributed by atoms with Crippen molar-refractivity contribution >= 4 is 52.0 Å². The molecule has 0 aromatic heterocycles. The fourth-order valence-corrected chi connectivity index (χ4v) is 6.76. The number of nitrogens with two attached hydrogens (primary N) is 3. The molecule has 3 aromatic rings. The van der Waals surface area contributed by atoms with Gasteiger partial charge in [-0.15, -0.1) is 0 Å². The van der Waals surface area contributed by atoms with Crippen LogP contribution < -0.4 is 38.1 Å². The molecule has 3 aromatic carbocycles. The maximum Gasteiger partial charge on any atom is 0.250 e. The lowest BCUT2D eigenvalue weighted by atomic mass is 9.85. The van der Waals surface area contributed by atoms with Gasteiger partial charge in [0.1, 0.15) is 18.1 Å². The van der Waals surface area contributed by atoms with Crippen LogP contribution in [0.1, 0.15) is 31.2 Å². The second-order valence-electron chi connectivity index (χ2n) is 12.9. The number of benzene rings is 3. The lowest BCUT2D eigenvalue weighted by Crippen LogP contribution is -2.56. The van der Waals surface area contributed by atoms with Gasteiger partial charge >= 0.3 is 0 Å².